The van der Waals surface area contributed by atoms with Crippen LogP contribution in [0.25, 0.3) is 0 Å². The molecule has 0 saturated carbocycles. The van der Waals surface area contributed by atoms with Crippen molar-refractivity contribution in [2.75, 3.05) is 6.61 Å². The van der Waals surface area contributed by atoms with Crippen LogP contribution in [0, 0.1) is 0 Å². The van der Waals surface area contributed by atoms with Crippen molar-refractivity contribution < 1.29 is 9.53 Å². The molecule has 31 heavy (non-hydrogen) atoms. The highest BCUT2D eigenvalue weighted by molar-refractivity contribution is 7.10. The Kier molecular flexibility index (Phi) is 6.91. The van der Waals surface area contributed by atoms with Gasteiger partial charge in [0, 0.05) is 15.8 Å². The number of rotatable bonds is 9. The molecule has 0 spiro atoms. The van der Waals surface area contributed by atoms with Crippen molar-refractivity contribution in [2.45, 2.75) is 19.6 Å². The summed E-state index contributed by atoms with van der Waals surface area (Å²) in [4.78, 5) is 29.5. The van der Waals surface area contributed by atoms with Gasteiger partial charge in [-0.1, -0.05) is 30.3 Å². The lowest BCUT2D eigenvalue weighted by Crippen LogP contribution is -2.33. The second-order valence-electron chi connectivity index (χ2n) is 6.76. The van der Waals surface area contributed by atoms with E-state index in [0.29, 0.717) is 13.1 Å². The molecule has 3 aromatic heterocycles. The Hall–Kier alpha value is -3.23. The lowest BCUT2D eigenvalue weighted by atomic mass is 10.3. The van der Waals surface area contributed by atoms with Crippen molar-refractivity contribution in [1.29, 1.82) is 0 Å². The highest BCUT2D eigenvalue weighted by atomic mass is 32.1. The molecule has 6 nitrogen and oxygen atoms in total. The minimum atomic E-state index is -0.267. The highest BCUT2D eigenvalue weighted by Crippen LogP contribution is 2.18. The number of benzene rings is 1. The fourth-order valence-electron chi connectivity index (χ4n) is 3.03. The van der Waals surface area contributed by atoms with E-state index in [1.54, 1.807) is 27.6 Å². The topological polar surface area (TPSA) is 64.4 Å². The summed E-state index contributed by atoms with van der Waals surface area (Å²) in [7, 11) is 0. The third-order valence-electron chi connectivity index (χ3n) is 4.54. The van der Waals surface area contributed by atoms with E-state index in [4.69, 9.17) is 4.74 Å². The lowest BCUT2D eigenvalue weighted by Gasteiger charge is -2.21. The molecule has 0 fully saturated rings. The van der Waals surface area contributed by atoms with Gasteiger partial charge in [-0.25, -0.2) is 4.68 Å². The molecule has 0 atom stereocenters. The minimum Gasteiger partial charge on any atom is -0.492 e. The van der Waals surface area contributed by atoms with E-state index >= 15 is 0 Å². The molecule has 4 aromatic rings. The first-order chi connectivity index (χ1) is 15.2. The van der Waals surface area contributed by atoms with Gasteiger partial charge in [-0.3, -0.25) is 9.59 Å². The first-order valence-corrected chi connectivity index (χ1v) is 11.5. The number of hydrogen-bond acceptors (Lipinski definition) is 6. The fourth-order valence-corrected chi connectivity index (χ4v) is 4.47. The second kappa shape index (κ2) is 10.2. The van der Waals surface area contributed by atoms with Gasteiger partial charge in [0.25, 0.3) is 11.5 Å². The Labute approximate surface area is 188 Å². The van der Waals surface area contributed by atoms with Crippen LogP contribution in [0.1, 0.15) is 20.2 Å². The van der Waals surface area contributed by atoms with Crippen molar-refractivity contribution in [3.05, 3.63) is 103 Å². The maximum atomic E-state index is 13.3. The zero-order valence-corrected chi connectivity index (χ0v) is 18.3. The van der Waals surface area contributed by atoms with Crippen molar-refractivity contribution >= 4 is 28.6 Å². The molecule has 0 saturated heterocycles. The summed E-state index contributed by atoms with van der Waals surface area (Å²) in [6.07, 6.45) is 0. The molecular weight excluding hydrogens is 430 g/mol. The molecule has 3 heterocycles. The number of amides is 1. The van der Waals surface area contributed by atoms with E-state index in [-0.39, 0.29) is 30.3 Å². The standard InChI is InChI=1S/C23H21N3O3S2/c27-22-11-10-21(24-26(22)12-13-29-18-6-2-1-3-7-18)23(28)25(16-19-8-4-14-30-19)17-20-9-5-15-31-20/h1-11,14-15H,12-13,16-17H2. The molecular formula is C23H21N3O3S2. The van der Waals surface area contributed by atoms with E-state index in [9.17, 15) is 9.59 Å². The molecule has 0 aliphatic carbocycles. The minimum absolute atomic E-state index is 0.209. The molecule has 158 valence electrons. The smallest absolute Gasteiger partial charge is 0.274 e. The van der Waals surface area contributed by atoms with Crippen LogP contribution in [-0.4, -0.2) is 27.2 Å². The molecule has 0 radical (unpaired) electrons. The van der Waals surface area contributed by atoms with Crippen molar-refractivity contribution in [2.24, 2.45) is 0 Å². The molecule has 0 bridgehead atoms. The van der Waals surface area contributed by atoms with E-state index in [0.717, 1.165) is 15.5 Å². The van der Waals surface area contributed by atoms with Gasteiger partial charge in [-0.15, -0.1) is 22.7 Å². The summed E-state index contributed by atoms with van der Waals surface area (Å²) in [5.41, 5.74) is -0.0244. The van der Waals surface area contributed by atoms with Crippen LogP contribution in [0.3, 0.4) is 0 Å². The summed E-state index contributed by atoms with van der Waals surface area (Å²) in [6.45, 7) is 1.52. The van der Waals surface area contributed by atoms with Gasteiger partial charge < -0.3 is 9.64 Å². The average molecular weight is 452 g/mol. The van der Waals surface area contributed by atoms with Gasteiger partial charge >= 0.3 is 0 Å². The van der Waals surface area contributed by atoms with Gasteiger partial charge in [-0.05, 0) is 41.1 Å². The Balaban J connectivity index is 1.49. The zero-order valence-electron chi connectivity index (χ0n) is 16.7. The van der Waals surface area contributed by atoms with Crippen LogP contribution in [0.4, 0.5) is 0 Å². The van der Waals surface area contributed by atoms with Gasteiger partial charge in [0.2, 0.25) is 0 Å². The zero-order chi connectivity index (χ0) is 21.5. The highest BCUT2D eigenvalue weighted by Gasteiger charge is 2.20. The Morgan fingerprint density at radius 1 is 0.903 bits per heavy atom. The Bertz CT molecular complexity index is 1120. The van der Waals surface area contributed by atoms with Crippen LogP contribution in [0.5, 0.6) is 5.75 Å². The molecule has 0 aliphatic heterocycles. The van der Waals surface area contributed by atoms with Gasteiger partial charge in [0.15, 0.2) is 0 Å². The third kappa shape index (κ3) is 5.68. The van der Waals surface area contributed by atoms with Gasteiger partial charge in [0.05, 0.1) is 19.6 Å². The first-order valence-electron chi connectivity index (χ1n) is 9.79. The SMILES string of the molecule is O=C(c1ccc(=O)n(CCOc2ccccc2)n1)N(Cc1cccs1)Cc1cccs1. The number of nitrogens with zero attached hydrogens (tertiary/aromatic N) is 3. The summed E-state index contributed by atoms with van der Waals surface area (Å²) >= 11 is 3.22. The summed E-state index contributed by atoms with van der Waals surface area (Å²) in [6, 6.07) is 20.2. The summed E-state index contributed by atoms with van der Waals surface area (Å²) < 4.78 is 6.94. The first kappa shape index (κ1) is 21.0. The van der Waals surface area contributed by atoms with E-state index in [1.165, 1.54) is 16.8 Å². The molecule has 4 rings (SSSR count). The van der Waals surface area contributed by atoms with Gasteiger partial charge in [0.1, 0.15) is 18.1 Å². The number of thiophene rings is 2. The van der Waals surface area contributed by atoms with Crippen LogP contribution in [0.15, 0.2) is 82.3 Å². The molecule has 0 unspecified atom stereocenters. The summed E-state index contributed by atoms with van der Waals surface area (Å²) in [5.74, 6) is 0.514. The van der Waals surface area contributed by atoms with E-state index < -0.39 is 0 Å². The Morgan fingerprint density at radius 3 is 2.19 bits per heavy atom. The van der Waals surface area contributed by atoms with E-state index in [1.807, 2.05) is 65.4 Å². The van der Waals surface area contributed by atoms with Crippen molar-refractivity contribution in [3.8, 4) is 5.75 Å². The maximum Gasteiger partial charge on any atom is 0.274 e. The molecule has 1 aromatic carbocycles. The predicted octanol–water partition coefficient (Wildman–Crippen LogP) is 4.29. The van der Waals surface area contributed by atoms with Crippen LogP contribution in [0.2, 0.25) is 0 Å². The number of hydrogen-bond donors (Lipinski definition) is 0. The second-order valence-corrected chi connectivity index (χ2v) is 8.83. The van der Waals surface area contributed by atoms with Gasteiger partial charge in [-0.2, -0.15) is 5.10 Å². The van der Waals surface area contributed by atoms with Crippen molar-refractivity contribution in [1.82, 2.24) is 14.7 Å². The molecule has 0 aliphatic rings. The predicted molar refractivity (Wildman–Crippen MR) is 123 cm³/mol. The number of aromatic nitrogens is 2. The van der Waals surface area contributed by atoms with Crippen LogP contribution >= 0.6 is 22.7 Å². The van der Waals surface area contributed by atoms with Crippen LogP contribution < -0.4 is 10.3 Å². The third-order valence-corrected chi connectivity index (χ3v) is 6.26. The fraction of sp³-hybridized carbons (Fsp3) is 0.174. The molecule has 0 N–H and O–H groups in total. The summed E-state index contributed by atoms with van der Waals surface area (Å²) in [5, 5.41) is 8.31. The monoisotopic (exact) mass is 451 g/mol. The van der Waals surface area contributed by atoms with E-state index in [2.05, 4.69) is 5.10 Å². The van der Waals surface area contributed by atoms with Crippen molar-refractivity contribution in [3.63, 3.8) is 0 Å². The maximum absolute atomic E-state index is 13.3. The number of carbonyl (C=O) groups is 1. The number of para-hydroxylation sites is 1. The lowest BCUT2D eigenvalue weighted by molar-refractivity contribution is 0.0724. The quantitative estimate of drug-likeness (QED) is 0.381. The largest absolute Gasteiger partial charge is 0.492 e. The molecule has 8 heteroatoms. The number of carbonyl (C=O) groups excluding carboxylic acids is 1. The number of ether oxygens (including phenoxy) is 1. The molecule has 1 amide bonds. The van der Waals surface area contributed by atoms with Crippen LogP contribution in [-0.2, 0) is 19.6 Å². The Morgan fingerprint density at radius 2 is 1.58 bits per heavy atom. The average Bonchev–Trinajstić information content (AvgIpc) is 3.49. The normalized spacial score (nSPS) is 10.7.